The van der Waals surface area contributed by atoms with Crippen LogP contribution in [0.1, 0.15) is 5.56 Å². The second kappa shape index (κ2) is 4.31. The number of hydrogen-bond acceptors (Lipinski definition) is 4. The van der Waals surface area contributed by atoms with Gasteiger partial charge >= 0.3 is 5.97 Å². The van der Waals surface area contributed by atoms with Crippen LogP contribution in [0.4, 0.5) is 8.78 Å². The summed E-state index contributed by atoms with van der Waals surface area (Å²) in [6.45, 7) is 0. The number of carbonyl (C=O) groups is 1. The molecule has 0 fully saturated rings. The number of aliphatic carboxylic acids is 1. The molecule has 16 heavy (non-hydrogen) atoms. The standard InChI is InChI=1S/C9H9F2NO4/c10-4-2-6(13)8(14)7(11)3(4)1-5(12)9(15)16/h2,5,13-14H,1,12H2,(H,15,16)/i10-1,11-1. The molecule has 0 bridgehead atoms. The third kappa shape index (κ3) is 2.19. The van der Waals surface area contributed by atoms with Crippen LogP contribution in [0.3, 0.4) is 0 Å². The van der Waals surface area contributed by atoms with Gasteiger partial charge in [-0.2, -0.15) is 0 Å². The maximum Gasteiger partial charge on any atom is 0.320 e. The molecular weight excluding hydrogens is 222 g/mol. The molecule has 0 aliphatic carbocycles. The Balaban J connectivity index is 3.14. The molecular formula is C9H9F2NO4. The average Bonchev–Trinajstić information content (AvgIpc) is 2.20. The van der Waals surface area contributed by atoms with Crippen molar-refractivity contribution in [1.29, 1.82) is 0 Å². The highest BCUT2D eigenvalue weighted by Gasteiger charge is 2.22. The van der Waals surface area contributed by atoms with E-state index in [0.717, 1.165) is 0 Å². The van der Waals surface area contributed by atoms with Crippen LogP contribution in [-0.4, -0.2) is 27.3 Å². The Kier molecular flexibility index (Phi) is 3.28. The van der Waals surface area contributed by atoms with E-state index in [1.54, 1.807) is 0 Å². The van der Waals surface area contributed by atoms with E-state index in [1.165, 1.54) is 0 Å². The van der Waals surface area contributed by atoms with Crippen LogP contribution < -0.4 is 5.73 Å². The molecule has 1 aromatic rings. The number of phenols is 2. The minimum absolute atomic E-state index is 0.488. The highest BCUT2D eigenvalue weighted by Crippen LogP contribution is 2.32. The Morgan fingerprint density at radius 3 is 2.50 bits per heavy atom. The van der Waals surface area contributed by atoms with E-state index < -0.39 is 47.1 Å². The van der Waals surface area contributed by atoms with Gasteiger partial charge in [0.1, 0.15) is 11.9 Å². The van der Waals surface area contributed by atoms with Crippen LogP contribution in [0.15, 0.2) is 6.07 Å². The summed E-state index contributed by atoms with van der Waals surface area (Å²) < 4.78 is 26.4. The molecule has 0 aliphatic heterocycles. The van der Waals surface area contributed by atoms with Crippen molar-refractivity contribution in [2.75, 3.05) is 0 Å². The zero-order valence-corrected chi connectivity index (χ0v) is 7.94. The molecule has 0 heterocycles. The van der Waals surface area contributed by atoms with E-state index in [0.29, 0.717) is 6.07 Å². The number of carboxylic acid groups (broad SMARTS) is 1. The van der Waals surface area contributed by atoms with Gasteiger partial charge in [0.05, 0.1) is 0 Å². The van der Waals surface area contributed by atoms with Gasteiger partial charge in [-0.1, -0.05) is 0 Å². The van der Waals surface area contributed by atoms with Crippen molar-refractivity contribution in [1.82, 2.24) is 0 Å². The van der Waals surface area contributed by atoms with Crippen molar-refractivity contribution in [2.45, 2.75) is 12.5 Å². The monoisotopic (exact) mass is 231 g/mol. The van der Waals surface area contributed by atoms with Gasteiger partial charge in [-0.15, -0.1) is 0 Å². The molecule has 1 aromatic carbocycles. The van der Waals surface area contributed by atoms with E-state index in [2.05, 4.69) is 0 Å². The lowest BCUT2D eigenvalue weighted by Crippen LogP contribution is -2.32. The number of hydrogen-bond donors (Lipinski definition) is 4. The number of phenolic OH excluding ortho intramolecular Hbond substituents is 2. The average molecular weight is 231 g/mol. The predicted molar refractivity (Wildman–Crippen MR) is 49.0 cm³/mol. The molecule has 0 amide bonds. The molecule has 88 valence electrons. The first-order chi connectivity index (χ1) is 7.34. The van der Waals surface area contributed by atoms with Gasteiger partial charge in [-0.25, -0.2) is 8.78 Å². The molecule has 0 saturated carbocycles. The number of nitrogens with two attached hydrogens (primary N) is 1. The lowest BCUT2D eigenvalue weighted by atomic mass is 10.0. The maximum absolute atomic E-state index is 13.2. The Labute approximate surface area is 88.7 Å². The Morgan fingerprint density at radius 1 is 1.44 bits per heavy atom. The van der Waals surface area contributed by atoms with Gasteiger partial charge in [-0.05, 0) is 0 Å². The highest BCUT2D eigenvalue weighted by atomic mass is 18.2. The highest BCUT2D eigenvalue weighted by molar-refractivity contribution is 5.73. The molecule has 1 unspecified atom stereocenters. The third-order valence-corrected chi connectivity index (χ3v) is 2.01. The lowest BCUT2D eigenvalue weighted by Gasteiger charge is -2.10. The Morgan fingerprint density at radius 2 is 2.00 bits per heavy atom. The van der Waals surface area contributed by atoms with Crippen molar-refractivity contribution < 1.29 is 28.9 Å². The summed E-state index contributed by atoms with van der Waals surface area (Å²) in [4.78, 5) is 10.4. The summed E-state index contributed by atoms with van der Waals surface area (Å²) in [6.07, 6.45) is -0.624. The van der Waals surface area contributed by atoms with Crippen LogP contribution in [0.25, 0.3) is 0 Å². The first kappa shape index (κ1) is 12.2. The third-order valence-electron chi connectivity index (χ3n) is 2.01. The topological polar surface area (TPSA) is 104 Å². The van der Waals surface area contributed by atoms with E-state index in [-0.39, 0.29) is 0 Å². The van der Waals surface area contributed by atoms with Crippen molar-refractivity contribution in [3.05, 3.63) is 23.3 Å². The summed E-state index contributed by atoms with van der Waals surface area (Å²) >= 11 is 0. The molecule has 0 radical (unpaired) electrons. The maximum atomic E-state index is 13.2. The fraction of sp³-hybridized carbons (Fsp3) is 0.222. The molecule has 1 atom stereocenters. The van der Waals surface area contributed by atoms with Gasteiger partial charge in [-0.3, -0.25) is 4.79 Å². The van der Waals surface area contributed by atoms with E-state index in [9.17, 15) is 13.6 Å². The van der Waals surface area contributed by atoms with E-state index in [4.69, 9.17) is 21.1 Å². The molecule has 0 aromatic heterocycles. The summed E-state index contributed by atoms with van der Waals surface area (Å²) in [5, 5.41) is 26.3. The number of halogens is 2. The molecule has 5 N–H and O–H groups in total. The number of aromatic hydroxyl groups is 2. The predicted octanol–water partition coefficient (Wildman–Crippen LogP) is 0.330. The van der Waals surface area contributed by atoms with Crippen LogP contribution in [-0.2, 0) is 11.2 Å². The van der Waals surface area contributed by atoms with Crippen LogP contribution in [0.2, 0.25) is 0 Å². The smallest absolute Gasteiger partial charge is 0.320 e. The van der Waals surface area contributed by atoms with Gasteiger partial charge < -0.3 is 21.1 Å². The second-order valence-electron chi connectivity index (χ2n) is 3.17. The number of carboxylic acids is 1. The quantitative estimate of drug-likeness (QED) is 0.561. The van der Waals surface area contributed by atoms with Crippen LogP contribution in [0.5, 0.6) is 11.5 Å². The number of benzene rings is 1. The van der Waals surface area contributed by atoms with Gasteiger partial charge in [0.2, 0.25) is 0 Å². The Hall–Kier alpha value is -1.89. The van der Waals surface area contributed by atoms with Crippen molar-refractivity contribution >= 4 is 5.97 Å². The van der Waals surface area contributed by atoms with Gasteiger partial charge in [0.15, 0.2) is 17.3 Å². The lowest BCUT2D eigenvalue weighted by molar-refractivity contribution is -0.138. The van der Waals surface area contributed by atoms with Gasteiger partial charge in [0.25, 0.3) is 0 Å². The first-order valence-corrected chi connectivity index (χ1v) is 4.21. The fourth-order valence-corrected chi connectivity index (χ4v) is 1.13. The summed E-state index contributed by atoms with van der Waals surface area (Å²) in [5.41, 5.74) is 4.42. The van der Waals surface area contributed by atoms with Crippen LogP contribution in [0, 0.1) is 11.6 Å². The Bertz CT molecular complexity index is 436. The van der Waals surface area contributed by atoms with Crippen molar-refractivity contribution in [2.24, 2.45) is 5.73 Å². The largest absolute Gasteiger partial charge is 0.504 e. The molecule has 0 aliphatic rings. The SMILES string of the molecule is NC(Cc1c([18F])cc(O)c(O)c1[18F])C(=O)O. The van der Waals surface area contributed by atoms with Crippen LogP contribution >= 0.6 is 0 Å². The molecule has 0 saturated heterocycles. The van der Waals surface area contributed by atoms with Crippen molar-refractivity contribution in [3.8, 4) is 11.5 Å². The normalized spacial score (nSPS) is 12.4. The minimum atomic E-state index is -1.49. The molecule has 0 spiro atoms. The molecule has 5 nitrogen and oxygen atoms in total. The second-order valence-corrected chi connectivity index (χ2v) is 3.17. The van der Waals surface area contributed by atoms with E-state index in [1.807, 2.05) is 0 Å². The zero-order chi connectivity index (χ0) is 12.5. The van der Waals surface area contributed by atoms with Gasteiger partial charge in [0, 0.05) is 18.1 Å². The minimum Gasteiger partial charge on any atom is -0.504 e. The molecule has 1 rings (SSSR count). The van der Waals surface area contributed by atoms with E-state index >= 15 is 0 Å². The number of rotatable bonds is 3. The molecule has 7 heteroatoms. The fourth-order valence-electron chi connectivity index (χ4n) is 1.13. The summed E-state index contributed by atoms with van der Waals surface area (Å²) in [7, 11) is 0. The first-order valence-electron chi connectivity index (χ1n) is 4.21. The van der Waals surface area contributed by atoms with Crippen molar-refractivity contribution in [3.63, 3.8) is 0 Å². The summed E-state index contributed by atoms with van der Waals surface area (Å²) in [5.74, 6) is -6.08. The summed E-state index contributed by atoms with van der Waals surface area (Å²) in [6, 6.07) is -1.00. The zero-order valence-electron chi connectivity index (χ0n) is 7.94.